The van der Waals surface area contributed by atoms with Gasteiger partial charge < -0.3 is 0 Å². The molecule has 58 valence electrons. The second kappa shape index (κ2) is 4.29. The first kappa shape index (κ1) is 8.47. The largest absolute Gasteiger partial charge is 0.300 e. The molecule has 1 fully saturated rings. The van der Waals surface area contributed by atoms with Gasteiger partial charge in [0.25, 0.3) is 0 Å². The van der Waals surface area contributed by atoms with E-state index in [9.17, 15) is 4.79 Å². The van der Waals surface area contributed by atoms with Gasteiger partial charge in [-0.3, -0.25) is 4.79 Å². The Morgan fingerprint density at radius 2 is 2.50 bits per heavy atom. The van der Waals surface area contributed by atoms with E-state index in [0.29, 0.717) is 11.0 Å². The van der Waals surface area contributed by atoms with E-state index in [4.69, 9.17) is 0 Å². The van der Waals surface area contributed by atoms with Crippen LogP contribution >= 0.6 is 23.5 Å². The second-order valence-electron chi connectivity index (χ2n) is 2.51. The van der Waals surface area contributed by atoms with Crippen molar-refractivity contribution in [3.05, 3.63) is 0 Å². The van der Waals surface area contributed by atoms with E-state index in [2.05, 4.69) is 0 Å². The third-order valence-corrected chi connectivity index (χ3v) is 4.10. The molecule has 1 aliphatic rings. The van der Waals surface area contributed by atoms with Crippen LogP contribution in [0.4, 0.5) is 0 Å². The molecule has 0 aromatic heterocycles. The number of hydrogen-bond acceptors (Lipinski definition) is 3. The van der Waals surface area contributed by atoms with Gasteiger partial charge in [-0.2, -0.15) is 11.8 Å². The first-order chi connectivity index (χ1) is 4.79. The molecule has 1 atom stereocenters. The van der Waals surface area contributed by atoms with Gasteiger partial charge in [0, 0.05) is 16.8 Å². The summed E-state index contributed by atoms with van der Waals surface area (Å²) in [4.78, 5) is 10.7. The number of carbonyl (C=O) groups excluding carboxylic acids is 1. The van der Waals surface area contributed by atoms with Crippen molar-refractivity contribution >= 4 is 29.3 Å². The Hall–Kier alpha value is 0.370. The predicted molar refractivity (Wildman–Crippen MR) is 48.6 cm³/mol. The van der Waals surface area contributed by atoms with Crippen LogP contribution in [0.2, 0.25) is 0 Å². The van der Waals surface area contributed by atoms with Gasteiger partial charge in [0.15, 0.2) is 0 Å². The zero-order valence-electron chi connectivity index (χ0n) is 6.13. The van der Waals surface area contributed by atoms with Crippen LogP contribution in [0, 0.1) is 0 Å². The standard InChI is InChI=1S/C7H12OS2/c1-6(8)4-7-2-3-9-5-10-7/h7H,2-5H2,1H3. The number of carbonyl (C=O) groups is 1. The molecular formula is C7H12OS2. The van der Waals surface area contributed by atoms with E-state index in [1.807, 2.05) is 23.5 Å². The van der Waals surface area contributed by atoms with Crippen LogP contribution < -0.4 is 0 Å². The monoisotopic (exact) mass is 176 g/mol. The van der Waals surface area contributed by atoms with Crippen LogP contribution in [0.5, 0.6) is 0 Å². The Morgan fingerprint density at radius 1 is 1.70 bits per heavy atom. The summed E-state index contributed by atoms with van der Waals surface area (Å²) in [6, 6.07) is 0. The zero-order chi connectivity index (χ0) is 7.40. The summed E-state index contributed by atoms with van der Waals surface area (Å²) in [6.07, 6.45) is 2.00. The lowest BCUT2D eigenvalue weighted by Gasteiger charge is -2.19. The van der Waals surface area contributed by atoms with Crippen molar-refractivity contribution in [3.63, 3.8) is 0 Å². The van der Waals surface area contributed by atoms with E-state index in [1.165, 1.54) is 17.3 Å². The molecule has 1 aliphatic heterocycles. The lowest BCUT2D eigenvalue weighted by Crippen LogP contribution is -2.12. The van der Waals surface area contributed by atoms with Crippen molar-refractivity contribution in [2.45, 2.75) is 25.0 Å². The molecule has 0 aromatic rings. The third-order valence-electron chi connectivity index (χ3n) is 1.49. The normalized spacial score (nSPS) is 26.3. The molecular weight excluding hydrogens is 164 g/mol. The number of ketones is 1. The lowest BCUT2D eigenvalue weighted by molar-refractivity contribution is -0.116. The molecule has 0 spiro atoms. The van der Waals surface area contributed by atoms with Crippen molar-refractivity contribution in [1.82, 2.24) is 0 Å². The molecule has 0 aliphatic carbocycles. The van der Waals surface area contributed by atoms with Crippen LogP contribution in [-0.4, -0.2) is 21.9 Å². The molecule has 0 bridgehead atoms. The van der Waals surface area contributed by atoms with Gasteiger partial charge in [-0.15, -0.1) is 11.8 Å². The molecule has 1 nitrogen and oxygen atoms in total. The topological polar surface area (TPSA) is 17.1 Å². The first-order valence-corrected chi connectivity index (χ1v) is 5.68. The van der Waals surface area contributed by atoms with Crippen molar-refractivity contribution < 1.29 is 4.79 Å². The van der Waals surface area contributed by atoms with E-state index in [0.717, 1.165) is 6.42 Å². The first-order valence-electron chi connectivity index (χ1n) is 3.48. The maximum atomic E-state index is 10.7. The van der Waals surface area contributed by atoms with E-state index < -0.39 is 0 Å². The van der Waals surface area contributed by atoms with Gasteiger partial charge >= 0.3 is 0 Å². The molecule has 0 saturated carbocycles. The Balaban J connectivity index is 2.19. The van der Waals surface area contributed by atoms with Crippen molar-refractivity contribution in [2.24, 2.45) is 0 Å². The van der Waals surface area contributed by atoms with Gasteiger partial charge in [0.1, 0.15) is 5.78 Å². The Labute approximate surface area is 70.3 Å². The fraction of sp³-hybridized carbons (Fsp3) is 0.857. The zero-order valence-corrected chi connectivity index (χ0v) is 7.76. The number of rotatable bonds is 2. The third kappa shape index (κ3) is 2.97. The Bertz CT molecular complexity index is 119. The average Bonchev–Trinajstić information content (AvgIpc) is 1.88. The highest BCUT2D eigenvalue weighted by molar-refractivity contribution is 8.16. The van der Waals surface area contributed by atoms with Crippen molar-refractivity contribution in [3.8, 4) is 0 Å². The highest BCUT2D eigenvalue weighted by atomic mass is 32.2. The molecule has 1 rings (SSSR count). The summed E-state index contributed by atoms with van der Waals surface area (Å²) in [5.41, 5.74) is 0. The highest BCUT2D eigenvalue weighted by Crippen LogP contribution is 2.29. The SMILES string of the molecule is CC(=O)CC1CCSCS1. The van der Waals surface area contributed by atoms with Crippen LogP contribution in [0.1, 0.15) is 19.8 Å². The molecule has 1 unspecified atom stereocenters. The van der Waals surface area contributed by atoms with Crippen LogP contribution in [0.15, 0.2) is 0 Å². The molecule has 0 aromatic carbocycles. The Morgan fingerprint density at radius 3 is 3.00 bits per heavy atom. The summed E-state index contributed by atoms with van der Waals surface area (Å²) >= 11 is 3.91. The average molecular weight is 176 g/mol. The van der Waals surface area contributed by atoms with Crippen LogP contribution in [0.3, 0.4) is 0 Å². The molecule has 0 amide bonds. The van der Waals surface area contributed by atoms with Crippen LogP contribution in [0.25, 0.3) is 0 Å². The number of hydrogen-bond donors (Lipinski definition) is 0. The maximum Gasteiger partial charge on any atom is 0.130 e. The Kier molecular flexibility index (Phi) is 3.63. The minimum Gasteiger partial charge on any atom is -0.300 e. The van der Waals surface area contributed by atoms with Crippen LogP contribution in [-0.2, 0) is 4.79 Å². The van der Waals surface area contributed by atoms with Gasteiger partial charge in [0.05, 0.1) is 0 Å². The lowest BCUT2D eigenvalue weighted by atomic mass is 10.2. The summed E-state index contributed by atoms with van der Waals surface area (Å²) in [5.74, 6) is 1.58. The van der Waals surface area contributed by atoms with Gasteiger partial charge in [-0.05, 0) is 19.1 Å². The van der Waals surface area contributed by atoms with Gasteiger partial charge in [-0.1, -0.05) is 0 Å². The van der Waals surface area contributed by atoms with E-state index >= 15 is 0 Å². The van der Waals surface area contributed by atoms with Gasteiger partial charge in [0.2, 0.25) is 0 Å². The summed E-state index contributed by atoms with van der Waals surface area (Å²) in [6.45, 7) is 1.68. The number of thioether (sulfide) groups is 2. The van der Waals surface area contributed by atoms with Gasteiger partial charge in [-0.25, -0.2) is 0 Å². The summed E-state index contributed by atoms with van der Waals surface area (Å²) in [5, 5.41) is 1.80. The predicted octanol–water partition coefficient (Wildman–Crippen LogP) is 2.16. The molecule has 1 heterocycles. The quantitative estimate of drug-likeness (QED) is 0.642. The molecule has 0 N–H and O–H groups in total. The van der Waals surface area contributed by atoms with E-state index in [1.54, 1.807) is 6.92 Å². The van der Waals surface area contributed by atoms with E-state index in [-0.39, 0.29) is 0 Å². The summed E-state index contributed by atoms with van der Waals surface area (Å²) in [7, 11) is 0. The van der Waals surface area contributed by atoms with Crippen molar-refractivity contribution in [1.29, 1.82) is 0 Å². The fourth-order valence-electron chi connectivity index (χ4n) is 0.983. The minimum atomic E-state index is 0.337. The molecule has 1 saturated heterocycles. The fourth-order valence-corrected chi connectivity index (χ4v) is 3.85. The summed E-state index contributed by atoms with van der Waals surface area (Å²) < 4.78 is 0. The maximum absolute atomic E-state index is 10.7. The molecule has 10 heavy (non-hydrogen) atoms. The molecule has 0 radical (unpaired) electrons. The van der Waals surface area contributed by atoms with Crippen molar-refractivity contribution in [2.75, 3.05) is 10.8 Å². The molecule has 3 heteroatoms. The smallest absolute Gasteiger partial charge is 0.130 e. The number of Topliss-reactive ketones (excluding diaryl/α,β-unsaturated/α-hetero) is 1. The second-order valence-corrected chi connectivity index (χ2v) is 5.27. The minimum absolute atomic E-state index is 0.337. The highest BCUT2D eigenvalue weighted by Gasteiger charge is 2.15.